The van der Waals surface area contributed by atoms with Gasteiger partial charge in [-0.3, -0.25) is 4.90 Å². The Labute approximate surface area is 110 Å². The van der Waals surface area contributed by atoms with Crippen molar-refractivity contribution in [3.8, 4) is 0 Å². The predicted molar refractivity (Wildman–Crippen MR) is 74.0 cm³/mol. The summed E-state index contributed by atoms with van der Waals surface area (Å²) in [6, 6.07) is 4.37. The van der Waals surface area contributed by atoms with Crippen molar-refractivity contribution in [1.29, 1.82) is 0 Å². The molecule has 0 aromatic carbocycles. The highest BCUT2D eigenvalue weighted by Gasteiger charge is 2.32. The van der Waals surface area contributed by atoms with Gasteiger partial charge < -0.3 is 5.32 Å². The first-order chi connectivity index (χ1) is 7.64. The van der Waals surface area contributed by atoms with Gasteiger partial charge in [0, 0.05) is 36.6 Å². The van der Waals surface area contributed by atoms with Gasteiger partial charge in [-0.05, 0) is 41.4 Å². The Bertz CT molecular complexity index is 353. The van der Waals surface area contributed by atoms with Crippen LogP contribution in [0.3, 0.4) is 0 Å². The van der Waals surface area contributed by atoms with Gasteiger partial charge in [0.15, 0.2) is 0 Å². The van der Waals surface area contributed by atoms with Gasteiger partial charge in [-0.25, -0.2) is 0 Å². The lowest BCUT2D eigenvalue weighted by Gasteiger charge is -2.44. The number of nitrogens with zero attached hydrogens (tertiary/aromatic N) is 1. The van der Waals surface area contributed by atoms with Crippen LogP contribution in [0.4, 0.5) is 0 Å². The van der Waals surface area contributed by atoms with Gasteiger partial charge >= 0.3 is 0 Å². The fraction of sp³-hybridized carbons (Fsp3) is 0.667. The molecule has 1 aliphatic rings. The Morgan fingerprint density at radius 2 is 2.38 bits per heavy atom. The molecule has 2 nitrogen and oxygen atoms in total. The van der Waals surface area contributed by atoms with E-state index in [1.165, 1.54) is 15.1 Å². The molecule has 1 aromatic heterocycles. The standard InChI is InChI=1S/C12H19BrN2S/c1-3-12(2)9-14-6-7-15(12)8-10-4-5-11(13)16-10/h4-5,14H,3,6-9H2,1-2H3. The minimum absolute atomic E-state index is 0.314. The summed E-state index contributed by atoms with van der Waals surface area (Å²) in [5.41, 5.74) is 0.314. The van der Waals surface area contributed by atoms with E-state index in [9.17, 15) is 0 Å². The monoisotopic (exact) mass is 302 g/mol. The number of nitrogens with one attached hydrogen (secondary N) is 1. The van der Waals surface area contributed by atoms with E-state index in [1.54, 1.807) is 0 Å². The Balaban J connectivity index is 2.07. The van der Waals surface area contributed by atoms with Crippen molar-refractivity contribution in [3.05, 3.63) is 20.8 Å². The van der Waals surface area contributed by atoms with Crippen molar-refractivity contribution in [1.82, 2.24) is 10.2 Å². The van der Waals surface area contributed by atoms with Gasteiger partial charge in [-0.2, -0.15) is 0 Å². The average molecular weight is 303 g/mol. The zero-order chi connectivity index (χ0) is 11.6. The Hall–Kier alpha value is 0.1000. The molecule has 0 radical (unpaired) electrons. The third-order valence-electron chi connectivity index (χ3n) is 3.56. The molecule has 0 bridgehead atoms. The van der Waals surface area contributed by atoms with Gasteiger partial charge in [0.1, 0.15) is 0 Å². The van der Waals surface area contributed by atoms with Crippen molar-refractivity contribution in [2.75, 3.05) is 19.6 Å². The molecule has 1 fully saturated rings. The summed E-state index contributed by atoms with van der Waals surface area (Å²) >= 11 is 5.38. The second kappa shape index (κ2) is 5.17. The van der Waals surface area contributed by atoms with E-state index in [-0.39, 0.29) is 0 Å². The highest BCUT2D eigenvalue weighted by atomic mass is 79.9. The predicted octanol–water partition coefficient (Wildman–Crippen LogP) is 3.08. The molecule has 1 aromatic rings. The van der Waals surface area contributed by atoms with Gasteiger partial charge in [-0.1, -0.05) is 6.92 Å². The minimum Gasteiger partial charge on any atom is -0.314 e. The normalized spacial score (nSPS) is 27.2. The maximum absolute atomic E-state index is 3.53. The van der Waals surface area contributed by atoms with Crippen molar-refractivity contribution in [2.24, 2.45) is 0 Å². The van der Waals surface area contributed by atoms with Crippen molar-refractivity contribution in [2.45, 2.75) is 32.4 Å². The molecule has 16 heavy (non-hydrogen) atoms. The molecule has 2 rings (SSSR count). The summed E-state index contributed by atoms with van der Waals surface area (Å²) in [4.78, 5) is 4.07. The van der Waals surface area contributed by atoms with E-state index >= 15 is 0 Å². The van der Waals surface area contributed by atoms with E-state index in [0.717, 1.165) is 26.2 Å². The van der Waals surface area contributed by atoms with E-state index in [4.69, 9.17) is 0 Å². The topological polar surface area (TPSA) is 15.3 Å². The lowest BCUT2D eigenvalue weighted by molar-refractivity contribution is 0.0648. The molecule has 1 saturated heterocycles. The smallest absolute Gasteiger partial charge is 0.0701 e. The molecule has 4 heteroatoms. The molecule has 90 valence electrons. The van der Waals surface area contributed by atoms with Crippen LogP contribution >= 0.6 is 27.3 Å². The third kappa shape index (κ3) is 2.67. The van der Waals surface area contributed by atoms with Crippen LogP contribution in [-0.4, -0.2) is 30.1 Å². The molecule has 1 atom stereocenters. The van der Waals surface area contributed by atoms with Gasteiger partial charge in [0.05, 0.1) is 3.79 Å². The molecular weight excluding hydrogens is 284 g/mol. The Morgan fingerprint density at radius 1 is 1.56 bits per heavy atom. The summed E-state index contributed by atoms with van der Waals surface area (Å²) in [5.74, 6) is 0. The molecule has 0 amide bonds. The molecule has 2 heterocycles. The molecule has 0 aliphatic carbocycles. The number of rotatable bonds is 3. The zero-order valence-electron chi connectivity index (χ0n) is 9.92. The zero-order valence-corrected chi connectivity index (χ0v) is 12.3. The number of hydrogen-bond acceptors (Lipinski definition) is 3. The second-order valence-electron chi connectivity index (χ2n) is 4.65. The largest absolute Gasteiger partial charge is 0.314 e. The summed E-state index contributed by atoms with van der Waals surface area (Å²) in [6.07, 6.45) is 1.20. The fourth-order valence-electron chi connectivity index (χ4n) is 2.20. The summed E-state index contributed by atoms with van der Waals surface area (Å²) in [7, 11) is 0. The second-order valence-corrected chi connectivity index (χ2v) is 7.20. The minimum atomic E-state index is 0.314. The van der Waals surface area contributed by atoms with Gasteiger partial charge in [0.2, 0.25) is 0 Å². The molecule has 0 saturated carbocycles. The van der Waals surface area contributed by atoms with Crippen molar-refractivity contribution in [3.63, 3.8) is 0 Å². The van der Waals surface area contributed by atoms with E-state index < -0.39 is 0 Å². The number of thiophene rings is 1. The van der Waals surface area contributed by atoms with Crippen LogP contribution < -0.4 is 5.32 Å². The molecule has 1 aliphatic heterocycles. The maximum Gasteiger partial charge on any atom is 0.0701 e. The Morgan fingerprint density at radius 3 is 3.00 bits per heavy atom. The van der Waals surface area contributed by atoms with Gasteiger partial charge in [-0.15, -0.1) is 11.3 Å². The van der Waals surface area contributed by atoms with Crippen LogP contribution in [0.2, 0.25) is 0 Å². The quantitative estimate of drug-likeness (QED) is 0.923. The first-order valence-corrected chi connectivity index (χ1v) is 7.45. The van der Waals surface area contributed by atoms with E-state index in [1.807, 2.05) is 11.3 Å². The van der Waals surface area contributed by atoms with Crippen LogP contribution in [0, 0.1) is 0 Å². The summed E-state index contributed by atoms with van der Waals surface area (Å²) < 4.78 is 1.23. The lowest BCUT2D eigenvalue weighted by atomic mass is 9.94. The summed E-state index contributed by atoms with van der Waals surface area (Å²) in [6.45, 7) is 9.10. The van der Waals surface area contributed by atoms with Crippen LogP contribution in [0.15, 0.2) is 15.9 Å². The van der Waals surface area contributed by atoms with Gasteiger partial charge in [0.25, 0.3) is 0 Å². The van der Waals surface area contributed by atoms with Crippen molar-refractivity contribution >= 4 is 27.3 Å². The molecule has 1 N–H and O–H groups in total. The van der Waals surface area contributed by atoms with Crippen LogP contribution in [-0.2, 0) is 6.54 Å². The Kier molecular flexibility index (Phi) is 4.06. The fourth-order valence-corrected chi connectivity index (χ4v) is 3.70. The molecular formula is C12H19BrN2S. The third-order valence-corrected chi connectivity index (χ3v) is 5.17. The molecule has 0 spiro atoms. The average Bonchev–Trinajstić information content (AvgIpc) is 2.68. The van der Waals surface area contributed by atoms with Crippen LogP contribution in [0.5, 0.6) is 0 Å². The molecule has 1 unspecified atom stereocenters. The number of halogens is 1. The highest BCUT2D eigenvalue weighted by molar-refractivity contribution is 9.11. The van der Waals surface area contributed by atoms with Crippen molar-refractivity contribution < 1.29 is 0 Å². The maximum atomic E-state index is 3.53. The van der Waals surface area contributed by atoms with E-state index in [2.05, 4.69) is 52.1 Å². The van der Waals surface area contributed by atoms with Crippen LogP contribution in [0.1, 0.15) is 25.1 Å². The first kappa shape index (κ1) is 12.6. The highest BCUT2D eigenvalue weighted by Crippen LogP contribution is 2.28. The summed E-state index contributed by atoms with van der Waals surface area (Å²) in [5, 5.41) is 3.50. The SMILES string of the molecule is CCC1(C)CNCCN1Cc1ccc(Br)s1. The first-order valence-electron chi connectivity index (χ1n) is 5.84. The lowest BCUT2D eigenvalue weighted by Crippen LogP contribution is -2.58. The number of piperazine rings is 1. The van der Waals surface area contributed by atoms with E-state index in [0.29, 0.717) is 5.54 Å². The number of hydrogen-bond donors (Lipinski definition) is 1. The van der Waals surface area contributed by atoms with Crippen LogP contribution in [0.25, 0.3) is 0 Å².